The average Bonchev–Trinajstić information content (AvgIpc) is 1.97. The Morgan fingerprint density at radius 1 is 1.73 bits per heavy atom. The van der Waals surface area contributed by atoms with Gasteiger partial charge < -0.3 is 4.90 Å². The summed E-state index contributed by atoms with van der Waals surface area (Å²) in [4.78, 5) is 10.4. The van der Waals surface area contributed by atoms with Crippen LogP contribution in [-0.2, 0) is 9.09 Å². The van der Waals surface area contributed by atoms with Gasteiger partial charge in [0.1, 0.15) is 6.61 Å². The molecule has 0 aromatic rings. The summed E-state index contributed by atoms with van der Waals surface area (Å²) in [6, 6.07) is 0. The SMILES string of the molecule is CCN(C)CCCO[P+](=O)O.[HH]. The molecular weight excluding hydrogens is 165 g/mol. The molecule has 1 unspecified atom stereocenters. The van der Waals surface area contributed by atoms with E-state index >= 15 is 0 Å². The van der Waals surface area contributed by atoms with E-state index in [1.54, 1.807) is 0 Å². The molecule has 0 spiro atoms. The molecule has 5 heteroatoms. The Kier molecular flexibility index (Phi) is 6.66. The fraction of sp³-hybridized carbons (Fsp3) is 1.00. The van der Waals surface area contributed by atoms with Gasteiger partial charge in [-0.15, -0.1) is 9.42 Å². The summed E-state index contributed by atoms with van der Waals surface area (Å²) in [6.07, 6.45) is 0.798. The zero-order chi connectivity index (χ0) is 8.69. The van der Waals surface area contributed by atoms with E-state index in [2.05, 4.69) is 16.3 Å². The molecule has 4 nitrogen and oxygen atoms in total. The lowest BCUT2D eigenvalue weighted by Gasteiger charge is -2.11. The highest BCUT2D eigenvalue weighted by atomic mass is 31.1. The molecule has 0 saturated heterocycles. The van der Waals surface area contributed by atoms with E-state index in [0.29, 0.717) is 6.61 Å². The minimum absolute atomic E-state index is 0. The summed E-state index contributed by atoms with van der Waals surface area (Å²) in [5.74, 6) is 0. The Bertz CT molecular complexity index is 125. The van der Waals surface area contributed by atoms with Crippen LogP contribution in [0.4, 0.5) is 0 Å². The lowest BCUT2D eigenvalue weighted by molar-refractivity contribution is 0.251. The van der Waals surface area contributed by atoms with Crippen LogP contribution in [0.25, 0.3) is 0 Å². The van der Waals surface area contributed by atoms with Crippen molar-refractivity contribution >= 4 is 8.25 Å². The Morgan fingerprint density at radius 2 is 2.36 bits per heavy atom. The van der Waals surface area contributed by atoms with E-state index < -0.39 is 8.25 Å². The third-order valence-electron chi connectivity index (χ3n) is 1.43. The van der Waals surface area contributed by atoms with Crippen LogP contribution >= 0.6 is 8.25 Å². The van der Waals surface area contributed by atoms with Crippen LogP contribution in [0.5, 0.6) is 0 Å². The highest BCUT2D eigenvalue weighted by molar-refractivity contribution is 7.32. The van der Waals surface area contributed by atoms with Crippen molar-refractivity contribution < 1.29 is 15.4 Å². The van der Waals surface area contributed by atoms with Crippen molar-refractivity contribution in [3.8, 4) is 0 Å². The van der Waals surface area contributed by atoms with Crippen LogP contribution in [0.2, 0.25) is 0 Å². The minimum atomic E-state index is -2.40. The van der Waals surface area contributed by atoms with Gasteiger partial charge in [-0.05, 0) is 20.0 Å². The molecule has 0 aliphatic rings. The summed E-state index contributed by atoms with van der Waals surface area (Å²) in [7, 11) is -0.405. The topological polar surface area (TPSA) is 49.8 Å². The maximum Gasteiger partial charge on any atom is 0.694 e. The zero-order valence-corrected chi connectivity index (χ0v) is 7.88. The van der Waals surface area contributed by atoms with Gasteiger partial charge in [-0.1, -0.05) is 6.92 Å². The maximum atomic E-state index is 10.0. The molecule has 0 saturated carbocycles. The molecule has 0 fully saturated rings. The molecule has 68 valence electrons. The molecule has 1 atom stereocenters. The van der Waals surface area contributed by atoms with Crippen LogP contribution < -0.4 is 0 Å². The van der Waals surface area contributed by atoms with E-state index in [-0.39, 0.29) is 1.43 Å². The molecule has 0 rings (SSSR count). The first-order chi connectivity index (χ1) is 5.16. The number of hydrogen-bond donors (Lipinski definition) is 1. The maximum absolute atomic E-state index is 10.0. The largest absolute Gasteiger partial charge is 0.694 e. The van der Waals surface area contributed by atoms with Crippen molar-refractivity contribution in [3.05, 3.63) is 0 Å². The van der Waals surface area contributed by atoms with Gasteiger partial charge in [0.25, 0.3) is 0 Å². The van der Waals surface area contributed by atoms with E-state index in [1.807, 2.05) is 7.05 Å². The van der Waals surface area contributed by atoms with Crippen LogP contribution in [0.1, 0.15) is 14.8 Å². The van der Waals surface area contributed by atoms with Gasteiger partial charge in [-0.2, -0.15) is 0 Å². The molecule has 0 heterocycles. The van der Waals surface area contributed by atoms with Crippen molar-refractivity contribution in [2.45, 2.75) is 13.3 Å². The van der Waals surface area contributed by atoms with E-state index in [9.17, 15) is 4.57 Å². The summed E-state index contributed by atoms with van der Waals surface area (Å²) >= 11 is 0. The molecule has 0 amide bonds. The normalized spacial score (nSPS) is 12.2. The Balaban J connectivity index is 0. The second-order valence-electron chi connectivity index (χ2n) is 2.32. The predicted molar refractivity (Wildman–Crippen MR) is 45.7 cm³/mol. The molecule has 1 N–H and O–H groups in total. The predicted octanol–water partition coefficient (Wildman–Crippen LogP) is 1.24. The van der Waals surface area contributed by atoms with Gasteiger partial charge >= 0.3 is 8.25 Å². The van der Waals surface area contributed by atoms with Gasteiger partial charge in [0, 0.05) is 12.5 Å². The molecule has 0 radical (unpaired) electrons. The van der Waals surface area contributed by atoms with Crippen molar-refractivity contribution in [2.75, 3.05) is 26.7 Å². The summed E-state index contributed by atoms with van der Waals surface area (Å²) < 4.78 is 14.5. The number of hydrogen-bond acceptors (Lipinski definition) is 3. The van der Waals surface area contributed by atoms with Crippen LogP contribution in [0.15, 0.2) is 0 Å². The van der Waals surface area contributed by atoms with Crippen molar-refractivity contribution in [1.29, 1.82) is 0 Å². The quantitative estimate of drug-likeness (QED) is 0.496. The standard InChI is InChI=1S/C6H14NO3P.H2/c1-3-7(2)5-4-6-10-11(8)9;/h3-6H2,1-2H3;1H/p+1. The molecule has 0 bridgehead atoms. The number of nitrogens with zero attached hydrogens (tertiary/aromatic N) is 1. The van der Waals surface area contributed by atoms with Gasteiger partial charge in [0.15, 0.2) is 0 Å². The monoisotopic (exact) mass is 182 g/mol. The van der Waals surface area contributed by atoms with Gasteiger partial charge in [0.2, 0.25) is 0 Å². The Morgan fingerprint density at radius 3 is 2.82 bits per heavy atom. The van der Waals surface area contributed by atoms with E-state index in [4.69, 9.17) is 4.89 Å². The van der Waals surface area contributed by atoms with E-state index in [1.165, 1.54) is 0 Å². The third kappa shape index (κ3) is 7.88. The Labute approximate surface area is 69.6 Å². The van der Waals surface area contributed by atoms with Gasteiger partial charge in [-0.25, -0.2) is 0 Å². The van der Waals surface area contributed by atoms with Crippen molar-refractivity contribution in [3.63, 3.8) is 0 Å². The first-order valence-electron chi connectivity index (χ1n) is 3.64. The lowest BCUT2D eigenvalue weighted by Crippen LogP contribution is -2.19. The summed E-state index contributed by atoms with van der Waals surface area (Å²) in [5.41, 5.74) is 0. The van der Waals surface area contributed by atoms with E-state index in [0.717, 1.165) is 19.5 Å². The van der Waals surface area contributed by atoms with Crippen LogP contribution in [0.3, 0.4) is 0 Å². The van der Waals surface area contributed by atoms with Crippen LogP contribution in [-0.4, -0.2) is 36.5 Å². The first kappa shape index (κ1) is 11.0. The highest BCUT2D eigenvalue weighted by Crippen LogP contribution is 2.13. The molecule has 0 aromatic carbocycles. The lowest BCUT2D eigenvalue weighted by atomic mass is 10.4. The minimum Gasteiger partial charge on any atom is -0.307 e. The average molecular weight is 182 g/mol. The summed E-state index contributed by atoms with van der Waals surface area (Å²) in [6.45, 7) is 4.31. The van der Waals surface area contributed by atoms with Crippen LogP contribution in [0, 0.1) is 0 Å². The third-order valence-corrected chi connectivity index (χ3v) is 1.83. The smallest absolute Gasteiger partial charge is 0.307 e. The van der Waals surface area contributed by atoms with Crippen molar-refractivity contribution in [1.82, 2.24) is 4.90 Å². The fourth-order valence-electron chi connectivity index (χ4n) is 0.635. The van der Waals surface area contributed by atoms with Crippen molar-refractivity contribution in [2.24, 2.45) is 0 Å². The molecule has 0 aliphatic carbocycles. The molecular formula is C6H17NO3P+. The van der Waals surface area contributed by atoms with Gasteiger partial charge in [0.05, 0.1) is 0 Å². The number of rotatable bonds is 6. The molecule has 0 aromatic heterocycles. The highest BCUT2D eigenvalue weighted by Gasteiger charge is 2.10. The van der Waals surface area contributed by atoms with Gasteiger partial charge in [-0.3, -0.25) is 0 Å². The summed E-state index contributed by atoms with van der Waals surface area (Å²) in [5, 5.41) is 0. The second-order valence-corrected chi connectivity index (χ2v) is 3.05. The molecule has 0 aliphatic heterocycles. The molecule has 11 heavy (non-hydrogen) atoms. The first-order valence-corrected chi connectivity index (χ1v) is 4.77. The zero-order valence-electron chi connectivity index (χ0n) is 6.99. The Hall–Kier alpha value is -0.0200. The fourth-order valence-corrected chi connectivity index (χ4v) is 0.921. The second kappa shape index (κ2) is 6.68.